The van der Waals surface area contributed by atoms with Crippen LogP contribution in [-0.4, -0.2) is 19.1 Å². The predicted octanol–water partition coefficient (Wildman–Crippen LogP) is 5.02. The highest BCUT2D eigenvalue weighted by molar-refractivity contribution is 5.75. The molecule has 0 saturated carbocycles. The third kappa shape index (κ3) is 10.8. The maximum absolute atomic E-state index is 11.7. The van der Waals surface area contributed by atoms with E-state index in [9.17, 15) is 4.79 Å². The lowest BCUT2D eigenvalue weighted by Gasteiger charge is -2.07. The fourth-order valence-corrected chi connectivity index (χ4v) is 2.47. The van der Waals surface area contributed by atoms with Crippen LogP contribution in [0.15, 0.2) is 24.3 Å². The van der Waals surface area contributed by atoms with Crippen LogP contribution < -0.4 is 10.1 Å². The molecule has 3 nitrogen and oxygen atoms in total. The van der Waals surface area contributed by atoms with Crippen LogP contribution in [0, 0.1) is 6.92 Å². The van der Waals surface area contributed by atoms with Gasteiger partial charge in [-0.15, -0.1) is 0 Å². The minimum Gasteiger partial charge on any atom is -0.493 e. The largest absolute Gasteiger partial charge is 0.493 e. The first-order valence-electron chi connectivity index (χ1n) is 9.18. The number of unbranched alkanes of at least 4 members (excludes halogenated alkanes) is 7. The molecular weight excluding hydrogens is 286 g/mol. The molecule has 0 heterocycles. The standard InChI is InChI=1S/C20H33NO2/c1-3-4-5-6-7-8-9-10-16-21-20(22)15-17-23-19-13-11-18(2)12-14-19/h11-14H,3-10,15-17H2,1-2H3,(H,21,22). The first kappa shape index (κ1) is 19.5. The van der Waals surface area contributed by atoms with Crippen LogP contribution in [0.1, 0.15) is 70.3 Å². The van der Waals surface area contributed by atoms with Gasteiger partial charge < -0.3 is 10.1 Å². The molecule has 1 amide bonds. The van der Waals surface area contributed by atoms with Gasteiger partial charge in [-0.1, -0.05) is 69.6 Å². The van der Waals surface area contributed by atoms with Crippen LogP contribution in [-0.2, 0) is 4.79 Å². The molecule has 0 atom stereocenters. The van der Waals surface area contributed by atoms with Crippen LogP contribution in [0.2, 0.25) is 0 Å². The molecule has 0 radical (unpaired) electrons. The number of hydrogen-bond acceptors (Lipinski definition) is 2. The molecule has 0 aliphatic carbocycles. The Morgan fingerprint density at radius 2 is 1.57 bits per heavy atom. The van der Waals surface area contributed by atoms with Crippen molar-refractivity contribution in [2.24, 2.45) is 0 Å². The van der Waals surface area contributed by atoms with E-state index in [1.165, 1.54) is 50.5 Å². The Kier molecular flexibility index (Phi) is 11.0. The van der Waals surface area contributed by atoms with E-state index >= 15 is 0 Å². The quantitative estimate of drug-likeness (QED) is 0.518. The van der Waals surface area contributed by atoms with Gasteiger partial charge in [-0.25, -0.2) is 0 Å². The van der Waals surface area contributed by atoms with Crippen LogP contribution >= 0.6 is 0 Å². The summed E-state index contributed by atoms with van der Waals surface area (Å²) in [7, 11) is 0. The highest BCUT2D eigenvalue weighted by Gasteiger charge is 2.01. The molecule has 0 unspecified atom stereocenters. The smallest absolute Gasteiger partial charge is 0.223 e. The van der Waals surface area contributed by atoms with E-state index in [1.54, 1.807) is 0 Å². The molecule has 0 aliphatic rings. The van der Waals surface area contributed by atoms with E-state index in [0.717, 1.165) is 18.7 Å². The Bertz CT molecular complexity index is 414. The number of hydrogen-bond donors (Lipinski definition) is 1. The summed E-state index contributed by atoms with van der Waals surface area (Å²) in [5, 5.41) is 2.97. The van der Waals surface area contributed by atoms with Gasteiger partial charge in [0, 0.05) is 6.54 Å². The SMILES string of the molecule is CCCCCCCCCCNC(=O)CCOc1ccc(C)cc1. The van der Waals surface area contributed by atoms with Gasteiger partial charge in [0.15, 0.2) is 0 Å². The van der Waals surface area contributed by atoms with Gasteiger partial charge in [-0.2, -0.15) is 0 Å². The monoisotopic (exact) mass is 319 g/mol. The Hall–Kier alpha value is -1.51. The minimum atomic E-state index is 0.0834. The number of amides is 1. The molecule has 0 aliphatic heterocycles. The van der Waals surface area contributed by atoms with E-state index < -0.39 is 0 Å². The van der Waals surface area contributed by atoms with E-state index in [0.29, 0.717) is 13.0 Å². The fraction of sp³-hybridized carbons (Fsp3) is 0.650. The van der Waals surface area contributed by atoms with Crippen molar-refractivity contribution in [3.05, 3.63) is 29.8 Å². The topological polar surface area (TPSA) is 38.3 Å². The molecule has 3 heteroatoms. The van der Waals surface area contributed by atoms with Gasteiger partial charge in [0.25, 0.3) is 0 Å². The molecule has 0 saturated heterocycles. The van der Waals surface area contributed by atoms with Crippen molar-refractivity contribution < 1.29 is 9.53 Å². The predicted molar refractivity (Wildman–Crippen MR) is 96.9 cm³/mol. The Morgan fingerprint density at radius 3 is 2.22 bits per heavy atom. The van der Waals surface area contributed by atoms with Crippen molar-refractivity contribution in [2.75, 3.05) is 13.2 Å². The molecule has 0 bridgehead atoms. The van der Waals surface area contributed by atoms with Gasteiger partial charge in [0.05, 0.1) is 13.0 Å². The van der Waals surface area contributed by atoms with Gasteiger partial charge in [0.1, 0.15) is 5.75 Å². The molecule has 0 fully saturated rings. The van der Waals surface area contributed by atoms with Crippen LogP contribution in [0.4, 0.5) is 0 Å². The second-order valence-corrected chi connectivity index (χ2v) is 6.24. The third-order valence-electron chi connectivity index (χ3n) is 3.97. The second kappa shape index (κ2) is 13.0. The summed E-state index contributed by atoms with van der Waals surface area (Å²) in [4.78, 5) is 11.7. The number of rotatable bonds is 13. The van der Waals surface area contributed by atoms with Crippen LogP contribution in [0.5, 0.6) is 5.75 Å². The molecule has 1 aromatic carbocycles. The average Bonchev–Trinajstić information content (AvgIpc) is 2.55. The lowest BCUT2D eigenvalue weighted by atomic mass is 10.1. The summed E-state index contributed by atoms with van der Waals surface area (Å²) >= 11 is 0. The summed E-state index contributed by atoms with van der Waals surface area (Å²) in [5.41, 5.74) is 1.21. The van der Waals surface area contributed by atoms with E-state index in [-0.39, 0.29) is 5.91 Å². The van der Waals surface area contributed by atoms with Gasteiger partial charge in [-0.3, -0.25) is 4.79 Å². The van der Waals surface area contributed by atoms with Crippen LogP contribution in [0.3, 0.4) is 0 Å². The lowest BCUT2D eigenvalue weighted by Crippen LogP contribution is -2.25. The number of benzene rings is 1. The van der Waals surface area contributed by atoms with Gasteiger partial charge in [0.2, 0.25) is 5.91 Å². The van der Waals surface area contributed by atoms with Gasteiger partial charge in [-0.05, 0) is 25.5 Å². The van der Waals surface area contributed by atoms with Crippen molar-refractivity contribution in [3.8, 4) is 5.75 Å². The molecule has 0 aromatic heterocycles. The molecule has 23 heavy (non-hydrogen) atoms. The summed E-state index contributed by atoms with van der Waals surface area (Å²) < 4.78 is 5.56. The van der Waals surface area contributed by atoms with Crippen LogP contribution in [0.25, 0.3) is 0 Å². The van der Waals surface area contributed by atoms with Gasteiger partial charge >= 0.3 is 0 Å². The number of aryl methyl sites for hydroxylation is 1. The molecular formula is C20H33NO2. The molecule has 1 rings (SSSR count). The van der Waals surface area contributed by atoms with E-state index in [1.807, 2.05) is 31.2 Å². The first-order chi connectivity index (χ1) is 11.2. The zero-order valence-electron chi connectivity index (χ0n) is 14.9. The van der Waals surface area contributed by atoms with E-state index in [4.69, 9.17) is 4.74 Å². The number of ether oxygens (including phenoxy) is 1. The van der Waals surface area contributed by atoms with Crippen molar-refractivity contribution in [3.63, 3.8) is 0 Å². The Morgan fingerprint density at radius 1 is 0.957 bits per heavy atom. The molecule has 1 aromatic rings. The van der Waals surface area contributed by atoms with Crippen molar-refractivity contribution in [1.29, 1.82) is 0 Å². The number of carbonyl (C=O) groups is 1. The highest BCUT2D eigenvalue weighted by atomic mass is 16.5. The number of nitrogens with one attached hydrogen (secondary N) is 1. The van der Waals surface area contributed by atoms with E-state index in [2.05, 4.69) is 12.2 Å². The highest BCUT2D eigenvalue weighted by Crippen LogP contribution is 2.11. The average molecular weight is 319 g/mol. The Labute approximate surface area is 141 Å². The third-order valence-corrected chi connectivity index (χ3v) is 3.97. The summed E-state index contributed by atoms with van der Waals surface area (Å²) in [5.74, 6) is 0.909. The molecule has 0 spiro atoms. The van der Waals surface area contributed by atoms with Crippen molar-refractivity contribution in [2.45, 2.75) is 71.6 Å². The van der Waals surface area contributed by atoms with Crippen molar-refractivity contribution >= 4 is 5.91 Å². The summed E-state index contributed by atoms with van der Waals surface area (Å²) in [6.07, 6.45) is 10.7. The zero-order chi connectivity index (χ0) is 16.8. The summed E-state index contributed by atoms with van der Waals surface area (Å²) in [6.45, 7) is 5.52. The number of carbonyl (C=O) groups excluding carboxylic acids is 1. The fourth-order valence-electron chi connectivity index (χ4n) is 2.47. The molecule has 1 N–H and O–H groups in total. The maximum atomic E-state index is 11.7. The maximum Gasteiger partial charge on any atom is 0.223 e. The lowest BCUT2D eigenvalue weighted by molar-refractivity contribution is -0.121. The minimum absolute atomic E-state index is 0.0834. The first-order valence-corrected chi connectivity index (χ1v) is 9.18. The second-order valence-electron chi connectivity index (χ2n) is 6.24. The molecule has 130 valence electrons. The summed E-state index contributed by atoms with van der Waals surface area (Å²) in [6, 6.07) is 7.90. The normalized spacial score (nSPS) is 10.5. The zero-order valence-corrected chi connectivity index (χ0v) is 14.9. The Balaban J connectivity index is 1.91. The van der Waals surface area contributed by atoms with Crippen molar-refractivity contribution in [1.82, 2.24) is 5.32 Å².